The molecule has 1 atom stereocenters. The molecule has 0 aromatic carbocycles. The molecule has 2 aromatic heterocycles. The van der Waals surface area contributed by atoms with Crippen molar-refractivity contribution in [1.29, 1.82) is 0 Å². The predicted molar refractivity (Wildman–Crippen MR) is 74.8 cm³/mol. The van der Waals surface area contributed by atoms with Crippen LogP contribution in [-0.4, -0.2) is 38.8 Å². The Bertz CT molecular complexity index is 601. The molecule has 106 valence electrons. The van der Waals surface area contributed by atoms with Gasteiger partial charge in [0.2, 0.25) is 5.65 Å². The van der Waals surface area contributed by atoms with Gasteiger partial charge in [0.15, 0.2) is 5.82 Å². The first-order chi connectivity index (χ1) is 9.92. The van der Waals surface area contributed by atoms with Crippen molar-refractivity contribution in [3.8, 4) is 0 Å². The zero-order valence-corrected chi connectivity index (χ0v) is 11.5. The zero-order chi connectivity index (χ0) is 13.4. The first kappa shape index (κ1) is 12.1. The lowest BCUT2D eigenvalue weighted by atomic mass is 10.2. The normalized spacial score (nSPS) is 22.5. The van der Waals surface area contributed by atoms with Crippen LogP contribution in [0, 0.1) is 0 Å². The molecule has 0 spiro atoms. The molecule has 1 aliphatic heterocycles. The molecule has 0 bridgehead atoms. The summed E-state index contributed by atoms with van der Waals surface area (Å²) in [6.45, 7) is 1.77. The number of ether oxygens (including phenoxy) is 1. The van der Waals surface area contributed by atoms with E-state index in [1.807, 2.05) is 12.4 Å². The quantitative estimate of drug-likeness (QED) is 0.902. The number of aromatic nitrogens is 4. The van der Waals surface area contributed by atoms with Gasteiger partial charge >= 0.3 is 0 Å². The number of nitrogens with one attached hydrogen (secondary N) is 1. The Morgan fingerprint density at radius 3 is 3.05 bits per heavy atom. The van der Waals surface area contributed by atoms with Gasteiger partial charge in [0, 0.05) is 31.5 Å². The summed E-state index contributed by atoms with van der Waals surface area (Å²) < 4.78 is 7.70. The Kier molecular flexibility index (Phi) is 3.03. The second kappa shape index (κ2) is 5.01. The van der Waals surface area contributed by atoms with Crippen LogP contribution in [0.4, 0.5) is 5.82 Å². The van der Waals surface area contributed by atoms with Gasteiger partial charge in [-0.1, -0.05) is 0 Å². The van der Waals surface area contributed by atoms with Gasteiger partial charge in [-0.15, -0.1) is 10.2 Å². The van der Waals surface area contributed by atoms with Crippen molar-refractivity contribution in [3.05, 3.63) is 18.2 Å². The van der Waals surface area contributed by atoms with Crippen molar-refractivity contribution in [3.63, 3.8) is 0 Å². The Hall–Kier alpha value is -1.69. The highest BCUT2D eigenvalue weighted by Gasteiger charge is 2.29. The van der Waals surface area contributed by atoms with Crippen LogP contribution in [-0.2, 0) is 4.74 Å². The molecule has 2 aliphatic rings. The van der Waals surface area contributed by atoms with Gasteiger partial charge in [-0.05, 0) is 32.1 Å². The van der Waals surface area contributed by atoms with E-state index in [1.54, 1.807) is 0 Å². The third kappa shape index (κ3) is 2.24. The van der Waals surface area contributed by atoms with Gasteiger partial charge in [-0.2, -0.15) is 0 Å². The Morgan fingerprint density at radius 2 is 2.25 bits per heavy atom. The highest BCUT2D eigenvalue weighted by Crippen LogP contribution is 2.39. The molecule has 1 N–H and O–H groups in total. The largest absolute Gasteiger partial charge is 0.378 e. The summed E-state index contributed by atoms with van der Waals surface area (Å²) in [7, 11) is 0. The Morgan fingerprint density at radius 1 is 1.30 bits per heavy atom. The maximum atomic E-state index is 5.63. The summed E-state index contributed by atoms with van der Waals surface area (Å²) in [5.41, 5.74) is 0.835. The maximum absolute atomic E-state index is 5.63. The topological polar surface area (TPSA) is 64.3 Å². The van der Waals surface area contributed by atoms with Crippen LogP contribution in [0.5, 0.6) is 0 Å². The van der Waals surface area contributed by atoms with Gasteiger partial charge < -0.3 is 10.1 Å². The Labute approximate surface area is 117 Å². The van der Waals surface area contributed by atoms with E-state index in [0.717, 1.165) is 36.9 Å². The van der Waals surface area contributed by atoms with Gasteiger partial charge in [0.25, 0.3) is 0 Å². The summed E-state index contributed by atoms with van der Waals surface area (Å²) in [6, 6.07) is 0. The molecule has 6 nitrogen and oxygen atoms in total. The maximum Gasteiger partial charge on any atom is 0.203 e. The fourth-order valence-corrected chi connectivity index (χ4v) is 2.81. The minimum atomic E-state index is 0.405. The van der Waals surface area contributed by atoms with E-state index in [9.17, 15) is 0 Å². The summed E-state index contributed by atoms with van der Waals surface area (Å²) in [4.78, 5) is 4.39. The first-order valence-corrected chi connectivity index (χ1v) is 7.47. The molecule has 2 fully saturated rings. The van der Waals surface area contributed by atoms with Gasteiger partial charge in [0.1, 0.15) is 5.82 Å². The van der Waals surface area contributed by atoms with E-state index in [-0.39, 0.29) is 0 Å². The van der Waals surface area contributed by atoms with E-state index in [0.29, 0.717) is 12.0 Å². The molecule has 3 heterocycles. The van der Waals surface area contributed by atoms with Crippen LogP contribution in [0.1, 0.15) is 43.8 Å². The van der Waals surface area contributed by atoms with E-state index in [4.69, 9.17) is 4.74 Å². The average Bonchev–Trinajstić information content (AvgIpc) is 3.01. The van der Waals surface area contributed by atoms with Crippen molar-refractivity contribution in [2.24, 2.45) is 0 Å². The standard InChI is InChI=1S/C14H19N5O/c1-2-11(20-9-1)5-6-15-12-14-18-17-13(10-3-4-10)19(14)8-7-16-12/h7-8,10-11H,1-6,9H2,(H,15,16). The summed E-state index contributed by atoms with van der Waals surface area (Å²) in [6.07, 6.45) is 10.0. The van der Waals surface area contributed by atoms with Crippen molar-refractivity contribution in [1.82, 2.24) is 19.6 Å². The van der Waals surface area contributed by atoms with Crippen LogP contribution in [0.3, 0.4) is 0 Å². The third-order valence-electron chi connectivity index (χ3n) is 4.08. The SMILES string of the molecule is c1cn2c(C3CC3)nnc2c(NCCC2CCCO2)n1. The van der Waals surface area contributed by atoms with Crippen LogP contribution >= 0.6 is 0 Å². The fraction of sp³-hybridized carbons (Fsp3) is 0.643. The lowest BCUT2D eigenvalue weighted by Gasteiger charge is -2.10. The number of rotatable bonds is 5. The fourth-order valence-electron chi connectivity index (χ4n) is 2.81. The summed E-state index contributed by atoms with van der Waals surface area (Å²) in [5.74, 6) is 2.49. The minimum Gasteiger partial charge on any atom is -0.378 e. The molecule has 20 heavy (non-hydrogen) atoms. The third-order valence-corrected chi connectivity index (χ3v) is 4.08. The second-order valence-electron chi connectivity index (χ2n) is 5.65. The van der Waals surface area contributed by atoms with E-state index in [2.05, 4.69) is 24.9 Å². The second-order valence-corrected chi connectivity index (χ2v) is 5.65. The molecule has 0 amide bonds. The zero-order valence-electron chi connectivity index (χ0n) is 11.5. The smallest absolute Gasteiger partial charge is 0.203 e. The number of anilines is 1. The van der Waals surface area contributed by atoms with Gasteiger partial charge in [-0.3, -0.25) is 4.40 Å². The molecule has 1 saturated carbocycles. The number of hydrogen-bond donors (Lipinski definition) is 1. The average molecular weight is 273 g/mol. The molecule has 4 rings (SSSR count). The lowest BCUT2D eigenvalue weighted by Crippen LogP contribution is -2.13. The molecule has 1 saturated heterocycles. The van der Waals surface area contributed by atoms with Gasteiger partial charge in [0.05, 0.1) is 6.10 Å². The lowest BCUT2D eigenvalue weighted by molar-refractivity contribution is 0.107. The number of fused-ring (bicyclic) bond motifs is 1. The van der Waals surface area contributed by atoms with E-state index < -0.39 is 0 Å². The first-order valence-electron chi connectivity index (χ1n) is 7.47. The van der Waals surface area contributed by atoms with E-state index in [1.165, 1.54) is 25.7 Å². The van der Waals surface area contributed by atoms with Crippen LogP contribution in [0.15, 0.2) is 12.4 Å². The number of nitrogens with zero attached hydrogens (tertiary/aromatic N) is 4. The van der Waals surface area contributed by atoms with Crippen molar-refractivity contribution in [2.45, 2.75) is 44.1 Å². The Balaban J connectivity index is 1.48. The monoisotopic (exact) mass is 273 g/mol. The number of hydrogen-bond acceptors (Lipinski definition) is 5. The molecule has 1 unspecified atom stereocenters. The van der Waals surface area contributed by atoms with Gasteiger partial charge in [-0.25, -0.2) is 4.98 Å². The predicted octanol–water partition coefficient (Wildman–Crippen LogP) is 1.98. The molecule has 1 aliphatic carbocycles. The van der Waals surface area contributed by atoms with Crippen molar-refractivity contribution in [2.75, 3.05) is 18.5 Å². The van der Waals surface area contributed by atoms with Crippen LogP contribution < -0.4 is 5.32 Å². The molecule has 0 radical (unpaired) electrons. The van der Waals surface area contributed by atoms with Crippen LogP contribution in [0.25, 0.3) is 5.65 Å². The highest BCUT2D eigenvalue weighted by atomic mass is 16.5. The molecule has 6 heteroatoms. The molecular weight excluding hydrogens is 254 g/mol. The summed E-state index contributed by atoms with van der Waals surface area (Å²) >= 11 is 0. The van der Waals surface area contributed by atoms with Crippen molar-refractivity contribution < 1.29 is 4.74 Å². The van der Waals surface area contributed by atoms with Crippen LogP contribution in [0.2, 0.25) is 0 Å². The minimum absolute atomic E-state index is 0.405. The van der Waals surface area contributed by atoms with E-state index >= 15 is 0 Å². The molecule has 2 aromatic rings. The molecular formula is C14H19N5O. The summed E-state index contributed by atoms with van der Waals surface area (Å²) in [5, 5.41) is 12.0. The highest BCUT2D eigenvalue weighted by molar-refractivity contribution is 5.62. The van der Waals surface area contributed by atoms with Crippen molar-refractivity contribution >= 4 is 11.5 Å².